The number of ketones is 1. The van der Waals surface area contributed by atoms with Crippen LogP contribution in [-0.4, -0.2) is 10.8 Å². The molecule has 0 unspecified atom stereocenters. The van der Waals surface area contributed by atoms with Crippen LogP contribution in [-0.2, 0) is 6.42 Å². The van der Waals surface area contributed by atoms with Gasteiger partial charge < -0.3 is 0 Å². The Bertz CT molecular complexity index is 539. The molecular weight excluding hydrogens is 393 g/mol. The van der Waals surface area contributed by atoms with Crippen molar-refractivity contribution >= 4 is 44.3 Å². The number of halogens is 2. The number of hydrogen-bond donors (Lipinski definition) is 0. The Morgan fingerprint density at radius 3 is 2.65 bits per heavy atom. The number of aromatic nitrogens is 1. The zero-order chi connectivity index (χ0) is 12.3. The first-order valence-corrected chi connectivity index (χ1v) is 6.92. The molecule has 2 aromatic rings. The van der Waals surface area contributed by atoms with Crippen LogP contribution in [0.2, 0.25) is 0 Å². The van der Waals surface area contributed by atoms with Crippen molar-refractivity contribution in [3.05, 3.63) is 61.9 Å². The van der Waals surface area contributed by atoms with Gasteiger partial charge >= 0.3 is 0 Å². The molecule has 0 aliphatic carbocycles. The molecular formula is C13H9BrINO. The second-order valence-electron chi connectivity index (χ2n) is 3.55. The number of Topliss-reactive ketones (excluding diaryl/α,β-unsaturated/α-hetero) is 1. The molecule has 0 saturated heterocycles. The van der Waals surface area contributed by atoms with E-state index >= 15 is 0 Å². The fraction of sp³-hybridized carbons (Fsp3) is 0.0769. The van der Waals surface area contributed by atoms with Crippen LogP contribution >= 0.6 is 38.5 Å². The van der Waals surface area contributed by atoms with Crippen molar-refractivity contribution in [1.82, 2.24) is 4.98 Å². The Morgan fingerprint density at radius 1 is 1.24 bits per heavy atom. The van der Waals surface area contributed by atoms with Crippen molar-refractivity contribution in [2.45, 2.75) is 6.42 Å². The molecule has 86 valence electrons. The molecule has 0 fully saturated rings. The van der Waals surface area contributed by atoms with Gasteiger partial charge in [-0.05, 0) is 56.7 Å². The number of nitrogens with zero attached hydrogens (tertiary/aromatic N) is 1. The summed E-state index contributed by atoms with van der Waals surface area (Å²) in [6.45, 7) is 0. The average Bonchev–Trinajstić information content (AvgIpc) is 2.32. The molecule has 0 amide bonds. The van der Waals surface area contributed by atoms with E-state index in [4.69, 9.17) is 0 Å². The highest BCUT2D eigenvalue weighted by molar-refractivity contribution is 14.1. The standard InChI is InChI=1S/C13H9BrINO/c14-9-5-6-10(16-8-9)7-13(17)11-3-1-2-4-12(11)15/h1-6,8H,7H2. The van der Waals surface area contributed by atoms with Gasteiger partial charge in [0.25, 0.3) is 0 Å². The summed E-state index contributed by atoms with van der Waals surface area (Å²) in [7, 11) is 0. The van der Waals surface area contributed by atoms with Crippen molar-refractivity contribution in [1.29, 1.82) is 0 Å². The summed E-state index contributed by atoms with van der Waals surface area (Å²) in [6.07, 6.45) is 2.05. The van der Waals surface area contributed by atoms with Crippen LogP contribution in [0, 0.1) is 3.57 Å². The predicted octanol–water partition coefficient (Wildman–Crippen LogP) is 3.87. The van der Waals surface area contributed by atoms with Gasteiger partial charge in [-0.2, -0.15) is 0 Å². The molecule has 1 aromatic carbocycles. The molecule has 1 heterocycles. The minimum absolute atomic E-state index is 0.102. The Morgan fingerprint density at radius 2 is 2.00 bits per heavy atom. The molecule has 0 spiro atoms. The highest BCUT2D eigenvalue weighted by Gasteiger charge is 2.10. The summed E-state index contributed by atoms with van der Waals surface area (Å²) in [4.78, 5) is 16.3. The highest BCUT2D eigenvalue weighted by atomic mass is 127. The molecule has 0 N–H and O–H groups in total. The van der Waals surface area contributed by atoms with Crippen molar-refractivity contribution in [3.8, 4) is 0 Å². The lowest BCUT2D eigenvalue weighted by atomic mass is 10.1. The second-order valence-corrected chi connectivity index (χ2v) is 5.63. The quantitative estimate of drug-likeness (QED) is 0.577. The Hall–Kier alpha value is -0.750. The van der Waals surface area contributed by atoms with Gasteiger partial charge in [0.15, 0.2) is 5.78 Å². The van der Waals surface area contributed by atoms with Gasteiger partial charge in [0, 0.05) is 25.5 Å². The number of carbonyl (C=O) groups excluding carboxylic acids is 1. The van der Waals surface area contributed by atoms with Crippen LogP contribution in [0.1, 0.15) is 16.1 Å². The topological polar surface area (TPSA) is 30.0 Å². The lowest BCUT2D eigenvalue weighted by Gasteiger charge is -2.03. The summed E-state index contributed by atoms with van der Waals surface area (Å²) >= 11 is 5.49. The first-order chi connectivity index (χ1) is 8.16. The molecule has 0 saturated carbocycles. The van der Waals surface area contributed by atoms with E-state index in [2.05, 4.69) is 43.5 Å². The maximum Gasteiger partial charge on any atom is 0.169 e. The third-order valence-electron chi connectivity index (χ3n) is 2.30. The average molecular weight is 402 g/mol. The second kappa shape index (κ2) is 5.73. The van der Waals surface area contributed by atoms with Crippen molar-refractivity contribution < 1.29 is 4.79 Å². The van der Waals surface area contributed by atoms with Gasteiger partial charge in [-0.15, -0.1) is 0 Å². The number of carbonyl (C=O) groups is 1. The fourth-order valence-corrected chi connectivity index (χ4v) is 2.38. The molecule has 4 heteroatoms. The molecule has 0 radical (unpaired) electrons. The zero-order valence-corrected chi connectivity index (χ0v) is 12.6. The monoisotopic (exact) mass is 401 g/mol. The van der Waals surface area contributed by atoms with Crippen LogP contribution in [0.3, 0.4) is 0 Å². The van der Waals surface area contributed by atoms with Crippen LogP contribution in [0.4, 0.5) is 0 Å². The normalized spacial score (nSPS) is 10.2. The van der Waals surface area contributed by atoms with Gasteiger partial charge in [-0.3, -0.25) is 9.78 Å². The van der Waals surface area contributed by atoms with Crippen LogP contribution in [0.5, 0.6) is 0 Å². The van der Waals surface area contributed by atoms with Crippen molar-refractivity contribution in [2.75, 3.05) is 0 Å². The van der Waals surface area contributed by atoms with E-state index in [-0.39, 0.29) is 5.78 Å². The molecule has 0 aliphatic rings. The molecule has 1 aromatic heterocycles. The maximum absolute atomic E-state index is 12.1. The SMILES string of the molecule is O=C(Cc1ccc(Br)cn1)c1ccccc1I. The molecule has 2 rings (SSSR count). The Kier molecular flexibility index (Phi) is 4.28. The number of benzene rings is 1. The van der Waals surface area contributed by atoms with E-state index in [0.717, 1.165) is 19.3 Å². The Balaban J connectivity index is 2.17. The van der Waals surface area contributed by atoms with Gasteiger partial charge in [0.1, 0.15) is 0 Å². The van der Waals surface area contributed by atoms with Crippen molar-refractivity contribution in [3.63, 3.8) is 0 Å². The minimum Gasteiger partial charge on any atom is -0.294 e. The maximum atomic E-state index is 12.1. The lowest BCUT2D eigenvalue weighted by Crippen LogP contribution is -2.06. The van der Waals surface area contributed by atoms with Crippen LogP contribution in [0.25, 0.3) is 0 Å². The first-order valence-electron chi connectivity index (χ1n) is 5.05. The van der Waals surface area contributed by atoms with Crippen LogP contribution < -0.4 is 0 Å². The van der Waals surface area contributed by atoms with E-state index in [1.165, 1.54) is 0 Å². The van der Waals surface area contributed by atoms with E-state index in [1.54, 1.807) is 6.20 Å². The van der Waals surface area contributed by atoms with Gasteiger partial charge in [0.2, 0.25) is 0 Å². The predicted molar refractivity (Wildman–Crippen MR) is 79.1 cm³/mol. The number of hydrogen-bond acceptors (Lipinski definition) is 2. The van der Waals surface area contributed by atoms with E-state index in [9.17, 15) is 4.79 Å². The molecule has 0 atom stereocenters. The largest absolute Gasteiger partial charge is 0.294 e. The lowest BCUT2D eigenvalue weighted by molar-refractivity contribution is 0.0991. The van der Waals surface area contributed by atoms with E-state index in [1.807, 2.05) is 36.4 Å². The minimum atomic E-state index is 0.102. The van der Waals surface area contributed by atoms with Crippen molar-refractivity contribution in [2.24, 2.45) is 0 Å². The summed E-state index contributed by atoms with van der Waals surface area (Å²) in [6, 6.07) is 11.3. The summed E-state index contributed by atoms with van der Waals surface area (Å²) < 4.78 is 1.90. The molecule has 0 aliphatic heterocycles. The highest BCUT2D eigenvalue weighted by Crippen LogP contribution is 2.15. The summed E-state index contributed by atoms with van der Waals surface area (Å²) in [5, 5.41) is 0. The third kappa shape index (κ3) is 3.35. The number of rotatable bonds is 3. The smallest absolute Gasteiger partial charge is 0.169 e. The van der Waals surface area contributed by atoms with E-state index in [0.29, 0.717) is 6.42 Å². The first kappa shape index (κ1) is 12.7. The van der Waals surface area contributed by atoms with Gasteiger partial charge in [-0.25, -0.2) is 0 Å². The van der Waals surface area contributed by atoms with Crippen LogP contribution in [0.15, 0.2) is 47.1 Å². The zero-order valence-electron chi connectivity index (χ0n) is 8.86. The summed E-state index contributed by atoms with van der Waals surface area (Å²) in [5.74, 6) is 0.102. The molecule has 2 nitrogen and oxygen atoms in total. The van der Waals surface area contributed by atoms with Gasteiger partial charge in [-0.1, -0.05) is 18.2 Å². The van der Waals surface area contributed by atoms with Gasteiger partial charge in [0.05, 0.1) is 6.42 Å². The number of pyridine rings is 1. The van der Waals surface area contributed by atoms with E-state index < -0.39 is 0 Å². The third-order valence-corrected chi connectivity index (χ3v) is 3.71. The Labute approximate surface area is 122 Å². The summed E-state index contributed by atoms with van der Waals surface area (Å²) in [5.41, 5.74) is 1.55. The molecule has 0 bridgehead atoms. The molecule has 17 heavy (non-hydrogen) atoms. The fourth-order valence-electron chi connectivity index (χ4n) is 1.46.